The third-order valence-electron chi connectivity index (χ3n) is 5.81. The normalized spacial score (nSPS) is 17.7. The molecule has 0 radical (unpaired) electrons. The van der Waals surface area contributed by atoms with Crippen molar-refractivity contribution in [3.05, 3.63) is 57.6 Å². The molecule has 1 aliphatic carbocycles. The van der Waals surface area contributed by atoms with Crippen molar-refractivity contribution in [1.82, 2.24) is 15.3 Å². The van der Waals surface area contributed by atoms with Gasteiger partial charge in [0.2, 0.25) is 5.95 Å². The second-order valence-electron chi connectivity index (χ2n) is 8.50. The Morgan fingerprint density at radius 3 is 2.50 bits per heavy atom. The summed E-state index contributed by atoms with van der Waals surface area (Å²) in [5, 5.41) is 22.5. The van der Waals surface area contributed by atoms with Crippen molar-refractivity contribution in [2.24, 2.45) is 0 Å². The smallest absolute Gasteiger partial charge is 0.271 e. The zero-order chi connectivity index (χ0) is 24.2. The molecule has 9 nitrogen and oxygen atoms in total. The average Bonchev–Trinajstić information content (AvgIpc) is 2.81. The summed E-state index contributed by atoms with van der Waals surface area (Å²) in [6.07, 6.45) is 3.77. The minimum absolute atomic E-state index is 0.0617. The number of nitro groups is 1. The molecular weight excluding hydrogens is 474 g/mol. The topological polar surface area (TPSA) is 108 Å². The number of anilines is 3. The van der Waals surface area contributed by atoms with Gasteiger partial charge in [-0.05, 0) is 56.1 Å². The number of para-hydroxylation sites is 1. The van der Waals surface area contributed by atoms with E-state index in [1.807, 2.05) is 43.3 Å². The lowest BCUT2D eigenvalue weighted by Gasteiger charge is -2.30. The Balaban J connectivity index is 1.32. The minimum atomic E-state index is -0.483. The highest BCUT2D eigenvalue weighted by Crippen LogP contribution is 2.28. The molecule has 0 amide bonds. The van der Waals surface area contributed by atoms with Crippen molar-refractivity contribution in [2.75, 3.05) is 29.6 Å². The maximum absolute atomic E-state index is 10.9. The van der Waals surface area contributed by atoms with Gasteiger partial charge in [0.15, 0.2) is 5.11 Å². The molecule has 34 heavy (non-hydrogen) atoms. The summed E-state index contributed by atoms with van der Waals surface area (Å²) in [5.41, 5.74) is 1.39. The first-order chi connectivity index (χ1) is 16.3. The van der Waals surface area contributed by atoms with Gasteiger partial charge in [-0.3, -0.25) is 10.1 Å². The van der Waals surface area contributed by atoms with Gasteiger partial charge in [-0.25, -0.2) is 4.98 Å². The predicted octanol–water partition coefficient (Wildman–Crippen LogP) is 4.97. The first-order valence-electron chi connectivity index (χ1n) is 11.0. The fourth-order valence-corrected chi connectivity index (χ4v) is 4.59. The van der Waals surface area contributed by atoms with Crippen LogP contribution in [0.4, 0.5) is 23.1 Å². The number of rotatable bonds is 6. The molecule has 0 unspecified atom stereocenters. The van der Waals surface area contributed by atoms with E-state index in [-0.39, 0.29) is 22.8 Å². The molecule has 1 heterocycles. The summed E-state index contributed by atoms with van der Waals surface area (Å²) in [6.45, 7) is 0. The highest BCUT2D eigenvalue weighted by Gasteiger charge is 2.23. The lowest BCUT2D eigenvalue weighted by molar-refractivity contribution is -0.384. The zero-order valence-corrected chi connectivity index (χ0v) is 20.5. The summed E-state index contributed by atoms with van der Waals surface area (Å²) in [6, 6.07) is 12.8. The largest absolute Gasteiger partial charge is 0.362 e. The first-order valence-corrected chi connectivity index (χ1v) is 11.8. The van der Waals surface area contributed by atoms with Gasteiger partial charge >= 0.3 is 0 Å². The molecule has 1 saturated carbocycles. The van der Waals surface area contributed by atoms with E-state index in [4.69, 9.17) is 33.8 Å². The fraction of sp³-hybridized carbons (Fsp3) is 0.348. The molecule has 178 valence electrons. The Morgan fingerprint density at radius 2 is 1.82 bits per heavy atom. The van der Waals surface area contributed by atoms with E-state index >= 15 is 0 Å². The quantitative estimate of drug-likeness (QED) is 0.246. The summed E-state index contributed by atoms with van der Waals surface area (Å²) in [7, 11) is 3.96. The van der Waals surface area contributed by atoms with Crippen LogP contribution >= 0.6 is 23.8 Å². The van der Waals surface area contributed by atoms with Crippen molar-refractivity contribution in [2.45, 2.75) is 37.8 Å². The van der Waals surface area contributed by atoms with Crippen molar-refractivity contribution >= 4 is 63.0 Å². The Morgan fingerprint density at radius 1 is 1.12 bits per heavy atom. The highest BCUT2D eigenvalue weighted by molar-refractivity contribution is 7.80. The standard InChI is InChI=1S/C23H26ClN7O2S/c1-30(2)21-17-5-3-4-6-19(17)27-22(29-21)25-14-7-9-15(10-8-14)26-23(34)28-20-12-11-16(31(32)33)13-18(20)24/h3-6,11-15H,7-10H2,1-2H3,(H,25,27,29)(H2,26,28,34)/t14-,15+. The van der Waals surface area contributed by atoms with Gasteiger partial charge < -0.3 is 20.9 Å². The van der Waals surface area contributed by atoms with Gasteiger partial charge in [-0.2, -0.15) is 4.98 Å². The van der Waals surface area contributed by atoms with Crippen LogP contribution in [-0.2, 0) is 0 Å². The average molecular weight is 500 g/mol. The van der Waals surface area contributed by atoms with E-state index in [2.05, 4.69) is 16.0 Å². The number of nitrogens with zero attached hydrogens (tertiary/aromatic N) is 4. The molecular formula is C23H26ClN7O2S. The zero-order valence-electron chi connectivity index (χ0n) is 18.9. The molecule has 0 spiro atoms. The number of non-ortho nitro benzene ring substituents is 1. The molecule has 3 N–H and O–H groups in total. The Kier molecular flexibility index (Phi) is 7.28. The predicted molar refractivity (Wildman–Crippen MR) is 141 cm³/mol. The minimum Gasteiger partial charge on any atom is -0.362 e. The fourth-order valence-electron chi connectivity index (χ4n) is 4.09. The SMILES string of the molecule is CN(C)c1nc(N[C@H]2CC[C@@H](NC(=S)Nc3ccc([N+](=O)[O-])cc3Cl)CC2)nc2ccccc12. The molecule has 11 heteroatoms. The number of thiocarbonyl (C=S) groups is 1. The van der Waals surface area contributed by atoms with Crippen LogP contribution in [0.1, 0.15) is 25.7 Å². The number of fused-ring (bicyclic) bond motifs is 1. The lowest BCUT2D eigenvalue weighted by Crippen LogP contribution is -2.42. The molecule has 0 bridgehead atoms. The third kappa shape index (κ3) is 5.63. The molecule has 1 aromatic heterocycles. The van der Waals surface area contributed by atoms with Gasteiger partial charge in [-0.15, -0.1) is 0 Å². The maximum atomic E-state index is 10.9. The molecule has 1 fully saturated rings. The molecule has 4 rings (SSSR count). The van der Waals surface area contributed by atoms with Crippen molar-refractivity contribution in [3.8, 4) is 0 Å². The summed E-state index contributed by atoms with van der Waals surface area (Å²) in [5.74, 6) is 1.54. The van der Waals surface area contributed by atoms with Crippen molar-refractivity contribution in [3.63, 3.8) is 0 Å². The Hall–Kier alpha value is -3.24. The van der Waals surface area contributed by atoms with Crippen molar-refractivity contribution < 1.29 is 4.92 Å². The number of hydrogen-bond donors (Lipinski definition) is 3. The maximum Gasteiger partial charge on any atom is 0.271 e. The number of hydrogen-bond acceptors (Lipinski definition) is 7. The summed E-state index contributed by atoms with van der Waals surface area (Å²) < 4.78 is 0. The van der Waals surface area contributed by atoms with Gasteiger partial charge in [0.05, 0.1) is 21.2 Å². The number of aromatic nitrogens is 2. The van der Waals surface area contributed by atoms with Crippen LogP contribution in [0.5, 0.6) is 0 Å². The molecule has 3 aromatic rings. The van der Waals surface area contributed by atoms with E-state index in [1.54, 1.807) is 6.07 Å². The lowest BCUT2D eigenvalue weighted by atomic mass is 9.91. The summed E-state index contributed by atoms with van der Waals surface area (Å²) in [4.78, 5) is 21.8. The van der Waals surface area contributed by atoms with E-state index < -0.39 is 4.92 Å². The van der Waals surface area contributed by atoms with Crippen LogP contribution in [0.25, 0.3) is 10.9 Å². The number of halogens is 1. The first kappa shape index (κ1) is 23.9. The van der Waals surface area contributed by atoms with Gasteiger partial charge in [0.1, 0.15) is 5.82 Å². The number of nitrogens with one attached hydrogen (secondary N) is 3. The van der Waals surface area contributed by atoms with Gasteiger partial charge in [0, 0.05) is 43.7 Å². The Bertz CT molecular complexity index is 1220. The second kappa shape index (κ2) is 10.4. The molecule has 0 atom stereocenters. The van der Waals surface area contributed by atoms with E-state index in [9.17, 15) is 10.1 Å². The van der Waals surface area contributed by atoms with Crippen LogP contribution in [-0.4, -0.2) is 46.2 Å². The van der Waals surface area contributed by atoms with Crippen LogP contribution < -0.4 is 20.9 Å². The van der Waals surface area contributed by atoms with Crippen LogP contribution in [0.3, 0.4) is 0 Å². The molecule has 1 aliphatic rings. The van der Waals surface area contributed by atoms with E-state index in [0.29, 0.717) is 16.7 Å². The highest BCUT2D eigenvalue weighted by atomic mass is 35.5. The molecule has 0 aliphatic heterocycles. The summed E-state index contributed by atoms with van der Waals surface area (Å²) >= 11 is 11.6. The Labute approximate surface area is 208 Å². The number of nitro benzene ring substituents is 1. The monoisotopic (exact) mass is 499 g/mol. The van der Waals surface area contributed by atoms with Gasteiger partial charge in [-0.1, -0.05) is 23.7 Å². The molecule has 2 aromatic carbocycles. The van der Waals surface area contributed by atoms with Gasteiger partial charge in [0.25, 0.3) is 5.69 Å². The second-order valence-corrected chi connectivity index (χ2v) is 9.31. The number of benzene rings is 2. The third-order valence-corrected chi connectivity index (χ3v) is 6.35. The molecule has 0 saturated heterocycles. The van der Waals surface area contributed by atoms with Crippen LogP contribution in [0, 0.1) is 10.1 Å². The van der Waals surface area contributed by atoms with E-state index in [0.717, 1.165) is 42.4 Å². The van der Waals surface area contributed by atoms with Crippen LogP contribution in [0.2, 0.25) is 5.02 Å². The van der Waals surface area contributed by atoms with Crippen molar-refractivity contribution in [1.29, 1.82) is 0 Å². The van der Waals surface area contributed by atoms with Crippen LogP contribution in [0.15, 0.2) is 42.5 Å². The van der Waals surface area contributed by atoms with E-state index in [1.165, 1.54) is 12.1 Å².